The molecule has 11 heteroatoms. The fraction of sp³-hybridized carbons (Fsp3) is 0.192. The van der Waals surface area contributed by atoms with E-state index in [-0.39, 0.29) is 16.8 Å². The highest BCUT2D eigenvalue weighted by atomic mass is 32.2. The standard InChI is InChI=1S/C26H24N4O6S/c1-35-26(32)29-25-27-21-9-5-18(14-22(21)28-25)17-6-10-23-19(13-17)15-30(11-12-36-23)24(31)16-3-7-20(8-4-16)37(2,33)34/h3-10,13-14H,11-12,15H2,1-2H3,(H2,27,28,29,32). The van der Waals surface area contributed by atoms with E-state index < -0.39 is 15.9 Å². The van der Waals surface area contributed by atoms with Gasteiger partial charge in [-0.2, -0.15) is 0 Å². The molecule has 0 spiro atoms. The number of carbonyl (C=O) groups excluding carboxylic acids is 2. The number of rotatable bonds is 4. The van der Waals surface area contributed by atoms with Crippen molar-refractivity contribution < 1.29 is 27.5 Å². The van der Waals surface area contributed by atoms with Crippen molar-refractivity contribution in [3.63, 3.8) is 0 Å². The number of carbonyl (C=O) groups is 2. The SMILES string of the molecule is COC(=O)Nc1nc2ccc(-c3ccc4c(c3)CN(C(=O)c3ccc(S(C)(=O)=O)cc3)CCO4)cc2[nH]1. The normalized spacial score (nSPS) is 13.4. The van der Waals surface area contributed by atoms with Gasteiger partial charge in [-0.25, -0.2) is 18.2 Å². The van der Waals surface area contributed by atoms with Gasteiger partial charge in [0.15, 0.2) is 9.84 Å². The van der Waals surface area contributed by atoms with E-state index in [1.165, 1.54) is 31.4 Å². The maximum absolute atomic E-state index is 13.2. The van der Waals surface area contributed by atoms with Crippen LogP contribution in [0.1, 0.15) is 15.9 Å². The number of aromatic amines is 1. The molecule has 0 atom stereocenters. The molecule has 10 nitrogen and oxygen atoms in total. The van der Waals surface area contributed by atoms with Gasteiger partial charge in [0, 0.05) is 23.9 Å². The summed E-state index contributed by atoms with van der Waals surface area (Å²) in [4.78, 5) is 33.9. The molecule has 0 bridgehead atoms. The van der Waals surface area contributed by atoms with Crippen molar-refractivity contribution in [3.05, 3.63) is 71.8 Å². The third-order valence-electron chi connectivity index (χ3n) is 6.08. The lowest BCUT2D eigenvalue weighted by atomic mass is 10.0. The van der Waals surface area contributed by atoms with Crippen molar-refractivity contribution in [2.24, 2.45) is 0 Å². The Kier molecular flexibility index (Phi) is 6.30. The predicted molar refractivity (Wildman–Crippen MR) is 137 cm³/mol. The molecule has 3 aromatic carbocycles. The molecule has 0 radical (unpaired) electrons. The fourth-order valence-corrected chi connectivity index (χ4v) is 4.80. The van der Waals surface area contributed by atoms with Crippen LogP contribution in [0.5, 0.6) is 5.75 Å². The second kappa shape index (κ2) is 9.58. The first kappa shape index (κ1) is 24.3. The van der Waals surface area contributed by atoms with E-state index in [9.17, 15) is 18.0 Å². The predicted octanol–water partition coefficient (Wildman–Crippen LogP) is 3.85. The number of H-pyrrole nitrogens is 1. The van der Waals surface area contributed by atoms with Crippen LogP contribution < -0.4 is 10.1 Å². The third-order valence-corrected chi connectivity index (χ3v) is 7.21. The van der Waals surface area contributed by atoms with E-state index in [0.29, 0.717) is 36.5 Å². The first-order valence-corrected chi connectivity index (χ1v) is 13.3. The molecular weight excluding hydrogens is 496 g/mol. The quantitative estimate of drug-likeness (QED) is 0.418. The summed E-state index contributed by atoms with van der Waals surface area (Å²) in [5.41, 5.74) is 4.54. The van der Waals surface area contributed by atoms with E-state index in [4.69, 9.17) is 4.74 Å². The van der Waals surface area contributed by atoms with E-state index >= 15 is 0 Å². The van der Waals surface area contributed by atoms with E-state index in [0.717, 1.165) is 28.5 Å². The lowest BCUT2D eigenvalue weighted by Gasteiger charge is -2.20. The minimum absolute atomic E-state index is 0.167. The summed E-state index contributed by atoms with van der Waals surface area (Å²) in [6.45, 7) is 1.08. The van der Waals surface area contributed by atoms with Gasteiger partial charge in [0.2, 0.25) is 5.95 Å². The van der Waals surface area contributed by atoms with Crippen LogP contribution in [0.15, 0.2) is 65.6 Å². The number of nitrogens with zero attached hydrogens (tertiary/aromatic N) is 2. The van der Waals surface area contributed by atoms with Gasteiger partial charge in [-0.1, -0.05) is 12.1 Å². The Bertz CT molecular complexity index is 1610. The minimum atomic E-state index is -3.34. The van der Waals surface area contributed by atoms with Crippen LogP contribution in [0.2, 0.25) is 0 Å². The molecule has 0 fully saturated rings. The van der Waals surface area contributed by atoms with Crippen LogP contribution in [0, 0.1) is 0 Å². The number of amides is 2. The second-order valence-electron chi connectivity index (χ2n) is 8.63. The Morgan fingerprint density at radius 2 is 1.78 bits per heavy atom. The number of nitrogens with one attached hydrogen (secondary N) is 2. The Balaban J connectivity index is 1.40. The van der Waals surface area contributed by atoms with Crippen LogP contribution in [-0.4, -0.2) is 61.8 Å². The Hall–Kier alpha value is -4.38. The van der Waals surface area contributed by atoms with Gasteiger partial charge in [-0.3, -0.25) is 10.1 Å². The molecule has 4 aromatic rings. The molecule has 0 saturated heterocycles. The van der Waals surface area contributed by atoms with Gasteiger partial charge in [-0.05, 0) is 59.7 Å². The summed E-state index contributed by atoms with van der Waals surface area (Å²) in [7, 11) is -2.06. The van der Waals surface area contributed by atoms with Crippen LogP contribution in [0.25, 0.3) is 22.2 Å². The van der Waals surface area contributed by atoms with Crippen molar-refractivity contribution in [2.75, 3.05) is 31.8 Å². The highest BCUT2D eigenvalue weighted by molar-refractivity contribution is 7.90. The highest BCUT2D eigenvalue weighted by Gasteiger charge is 2.22. The molecule has 1 aliphatic heterocycles. The zero-order valence-electron chi connectivity index (χ0n) is 20.1. The molecule has 0 saturated carbocycles. The third kappa shape index (κ3) is 5.12. The van der Waals surface area contributed by atoms with E-state index in [1.807, 2.05) is 36.4 Å². The molecule has 5 rings (SSSR count). The Morgan fingerprint density at radius 1 is 1.05 bits per heavy atom. The number of methoxy groups -OCH3 is 1. The Labute approximate surface area is 213 Å². The molecule has 2 amide bonds. The lowest BCUT2D eigenvalue weighted by molar-refractivity contribution is 0.0733. The number of hydrogen-bond acceptors (Lipinski definition) is 7. The number of aromatic nitrogens is 2. The number of fused-ring (bicyclic) bond motifs is 2. The molecule has 1 aromatic heterocycles. The summed E-state index contributed by atoms with van der Waals surface area (Å²) in [6.07, 6.45) is 0.516. The van der Waals surface area contributed by atoms with Crippen molar-refractivity contribution in [3.8, 4) is 16.9 Å². The van der Waals surface area contributed by atoms with Crippen molar-refractivity contribution >= 4 is 38.8 Å². The maximum Gasteiger partial charge on any atom is 0.413 e. The smallest absolute Gasteiger partial charge is 0.413 e. The van der Waals surface area contributed by atoms with Crippen LogP contribution in [0.3, 0.4) is 0 Å². The van der Waals surface area contributed by atoms with Crippen molar-refractivity contribution in [1.82, 2.24) is 14.9 Å². The summed E-state index contributed by atoms with van der Waals surface area (Å²) >= 11 is 0. The number of hydrogen-bond donors (Lipinski definition) is 2. The number of ether oxygens (including phenoxy) is 2. The average Bonchev–Trinajstić information content (AvgIpc) is 3.16. The van der Waals surface area contributed by atoms with Crippen LogP contribution in [-0.2, 0) is 21.1 Å². The second-order valence-corrected chi connectivity index (χ2v) is 10.6. The van der Waals surface area contributed by atoms with Crippen LogP contribution >= 0.6 is 0 Å². The topological polar surface area (TPSA) is 131 Å². The molecule has 1 aliphatic rings. The summed E-state index contributed by atoms with van der Waals surface area (Å²) in [5.74, 6) is 0.790. The van der Waals surface area contributed by atoms with E-state index in [2.05, 4.69) is 20.0 Å². The number of benzene rings is 3. The largest absolute Gasteiger partial charge is 0.491 e. The molecule has 2 heterocycles. The molecule has 190 valence electrons. The summed E-state index contributed by atoms with van der Waals surface area (Å²) < 4.78 is 34.0. The van der Waals surface area contributed by atoms with E-state index in [1.54, 1.807) is 4.90 Å². The fourth-order valence-electron chi connectivity index (χ4n) is 4.17. The van der Waals surface area contributed by atoms with Crippen molar-refractivity contribution in [1.29, 1.82) is 0 Å². The molecular formula is C26H24N4O6S. The van der Waals surface area contributed by atoms with Crippen molar-refractivity contribution in [2.45, 2.75) is 11.4 Å². The van der Waals surface area contributed by atoms with Gasteiger partial charge in [-0.15, -0.1) is 0 Å². The zero-order valence-corrected chi connectivity index (χ0v) is 21.0. The maximum atomic E-state index is 13.2. The summed E-state index contributed by atoms with van der Waals surface area (Å²) in [5, 5.41) is 2.52. The molecule has 0 unspecified atom stereocenters. The average molecular weight is 521 g/mol. The number of anilines is 1. The zero-order chi connectivity index (χ0) is 26.2. The highest BCUT2D eigenvalue weighted by Crippen LogP contribution is 2.31. The molecule has 2 N–H and O–H groups in total. The first-order valence-electron chi connectivity index (χ1n) is 11.4. The first-order chi connectivity index (χ1) is 17.7. The lowest BCUT2D eigenvalue weighted by Crippen LogP contribution is -2.32. The monoisotopic (exact) mass is 520 g/mol. The minimum Gasteiger partial charge on any atom is -0.491 e. The van der Waals surface area contributed by atoms with Gasteiger partial charge >= 0.3 is 6.09 Å². The van der Waals surface area contributed by atoms with Gasteiger partial charge in [0.1, 0.15) is 12.4 Å². The summed E-state index contributed by atoms with van der Waals surface area (Å²) in [6, 6.07) is 17.5. The Morgan fingerprint density at radius 3 is 2.51 bits per heavy atom. The van der Waals surface area contributed by atoms with Crippen LogP contribution in [0.4, 0.5) is 10.7 Å². The van der Waals surface area contributed by atoms with Gasteiger partial charge in [0.25, 0.3) is 5.91 Å². The number of sulfone groups is 1. The van der Waals surface area contributed by atoms with Gasteiger partial charge < -0.3 is 19.4 Å². The molecule has 0 aliphatic carbocycles. The van der Waals surface area contributed by atoms with Gasteiger partial charge in [0.05, 0.1) is 29.6 Å². The molecule has 37 heavy (non-hydrogen) atoms. The number of imidazole rings is 1.